The number of hydrogen-bond donors (Lipinski definition) is 3. The average Bonchev–Trinajstić information content (AvgIpc) is 2.58. The van der Waals surface area contributed by atoms with Gasteiger partial charge in [0.1, 0.15) is 0 Å². The molecule has 0 spiro atoms. The van der Waals surface area contributed by atoms with Crippen molar-refractivity contribution >= 4 is 17.8 Å². The topological polar surface area (TPSA) is 67.1 Å². The molecule has 1 fully saturated rings. The molecule has 5 heteroatoms. The van der Waals surface area contributed by atoms with E-state index in [-0.39, 0.29) is 12.1 Å². The van der Waals surface area contributed by atoms with Crippen LogP contribution >= 0.6 is 11.8 Å². The van der Waals surface area contributed by atoms with E-state index in [4.69, 9.17) is 5.73 Å². The lowest BCUT2D eigenvalue weighted by Gasteiger charge is -2.23. The van der Waals surface area contributed by atoms with E-state index in [2.05, 4.69) is 22.8 Å². The van der Waals surface area contributed by atoms with Crippen molar-refractivity contribution in [3.63, 3.8) is 0 Å². The van der Waals surface area contributed by atoms with Crippen molar-refractivity contribution in [1.82, 2.24) is 10.6 Å². The quantitative estimate of drug-likeness (QED) is 0.723. The summed E-state index contributed by atoms with van der Waals surface area (Å²) in [7, 11) is 0. The molecule has 1 aromatic rings. The maximum atomic E-state index is 12.2. The van der Waals surface area contributed by atoms with Gasteiger partial charge in [-0.3, -0.25) is 0 Å². The highest BCUT2D eigenvalue weighted by molar-refractivity contribution is 7.99. The van der Waals surface area contributed by atoms with E-state index in [1.54, 1.807) is 0 Å². The van der Waals surface area contributed by atoms with Gasteiger partial charge in [0.2, 0.25) is 0 Å². The average molecular weight is 321 g/mol. The van der Waals surface area contributed by atoms with Crippen LogP contribution in [0.1, 0.15) is 37.3 Å². The van der Waals surface area contributed by atoms with Crippen molar-refractivity contribution in [3.05, 3.63) is 35.9 Å². The molecule has 122 valence electrons. The Hall–Kier alpha value is -1.20. The number of thioether (sulfide) groups is 1. The molecule has 4 N–H and O–H groups in total. The Balaban J connectivity index is 1.82. The van der Waals surface area contributed by atoms with Crippen LogP contribution in [0.15, 0.2) is 30.3 Å². The first-order valence-corrected chi connectivity index (χ1v) is 9.32. The summed E-state index contributed by atoms with van der Waals surface area (Å²) in [5.74, 6) is 3.04. The Labute approximate surface area is 137 Å². The molecule has 1 aliphatic heterocycles. The molecule has 0 radical (unpaired) electrons. The monoisotopic (exact) mass is 321 g/mol. The van der Waals surface area contributed by atoms with Gasteiger partial charge in [-0.05, 0) is 55.2 Å². The van der Waals surface area contributed by atoms with Gasteiger partial charge >= 0.3 is 6.03 Å². The first kappa shape index (κ1) is 17.2. The van der Waals surface area contributed by atoms with Crippen LogP contribution in [0.3, 0.4) is 0 Å². The SMILES string of the molecule is NCCCC(NC(=O)NCC1CCCSC1)c1ccccc1. The van der Waals surface area contributed by atoms with Crippen LogP contribution in [0.4, 0.5) is 4.79 Å². The van der Waals surface area contributed by atoms with Gasteiger partial charge in [0.25, 0.3) is 0 Å². The zero-order chi connectivity index (χ0) is 15.6. The first-order valence-electron chi connectivity index (χ1n) is 8.16. The largest absolute Gasteiger partial charge is 0.338 e. The second kappa shape index (κ2) is 9.74. The van der Waals surface area contributed by atoms with Gasteiger partial charge in [-0.2, -0.15) is 11.8 Å². The predicted octanol–water partition coefficient (Wildman–Crippen LogP) is 2.91. The fourth-order valence-electron chi connectivity index (χ4n) is 2.74. The van der Waals surface area contributed by atoms with Gasteiger partial charge in [-0.25, -0.2) is 4.79 Å². The van der Waals surface area contributed by atoms with Crippen molar-refractivity contribution < 1.29 is 4.79 Å². The lowest BCUT2D eigenvalue weighted by atomic mass is 10.0. The third kappa shape index (κ3) is 5.89. The van der Waals surface area contributed by atoms with Crippen molar-refractivity contribution in [2.24, 2.45) is 11.7 Å². The first-order chi connectivity index (χ1) is 10.8. The molecule has 2 amide bonds. The minimum atomic E-state index is -0.0681. The van der Waals surface area contributed by atoms with Gasteiger partial charge in [0.05, 0.1) is 6.04 Å². The van der Waals surface area contributed by atoms with Crippen LogP contribution in [-0.4, -0.2) is 30.6 Å². The number of rotatable bonds is 7. The molecule has 22 heavy (non-hydrogen) atoms. The molecule has 1 aromatic carbocycles. The maximum absolute atomic E-state index is 12.2. The summed E-state index contributed by atoms with van der Waals surface area (Å²) in [4.78, 5) is 12.2. The van der Waals surface area contributed by atoms with Crippen LogP contribution in [0.2, 0.25) is 0 Å². The molecule has 2 rings (SSSR count). The van der Waals surface area contributed by atoms with Crippen LogP contribution in [-0.2, 0) is 0 Å². The smallest absolute Gasteiger partial charge is 0.315 e. The van der Waals surface area contributed by atoms with Crippen LogP contribution in [0.5, 0.6) is 0 Å². The highest BCUT2D eigenvalue weighted by atomic mass is 32.2. The molecule has 0 aliphatic carbocycles. The van der Waals surface area contributed by atoms with E-state index < -0.39 is 0 Å². The molecule has 2 unspecified atom stereocenters. The lowest BCUT2D eigenvalue weighted by molar-refractivity contribution is 0.234. The molecule has 1 saturated heterocycles. The number of hydrogen-bond acceptors (Lipinski definition) is 3. The van der Waals surface area contributed by atoms with E-state index in [1.165, 1.54) is 18.6 Å². The Kier molecular flexibility index (Phi) is 7.60. The van der Waals surface area contributed by atoms with Gasteiger partial charge in [0, 0.05) is 6.54 Å². The molecule has 4 nitrogen and oxygen atoms in total. The summed E-state index contributed by atoms with van der Waals surface area (Å²) >= 11 is 1.99. The fraction of sp³-hybridized carbons (Fsp3) is 0.588. The van der Waals surface area contributed by atoms with Crippen LogP contribution in [0.25, 0.3) is 0 Å². The number of urea groups is 1. The highest BCUT2D eigenvalue weighted by Gasteiger charge is 2.17. The molecule has 0 aromatic heterocycles. The lowest BCUT2D eigenvalue weighted by Crippen LogP contribution is -2.41. The summed E-state index contributed by atoms with van der Waals surface area (Å²) in [6, 6.07) is 10.1. The molecular weight excluding hydrogens is 294 g/mol. The number of nitrogens with one attached hydrogen (secondary N) is 2. The fourth-order valence-corrected chi connectivity index (χ4v) is 3.90. The van der Waals surface area contributed by atoms with Gasteiger partial charge < -0.3 is 16.4 Å². The van der Waals surface area contributed by atoms with Gasteiger partial charge in [-0.15, -0.1) is 0 Å². The van der Waals surface area contributed by atoms with Crippen LogP contribution < -0.4 is 16.4 Å². The number of benzene rings is 1. The molecule has 0 saturated carbocycles. The summed E-state index contributed by atoms with van der Waals surface area (Å²) < 4.78 is 0. The third-order valence-electron chi connectivity index (χ3n) is 4.01. The Bertz CT molecular complexity index is 435. The molecule has 1 aliphatic rings. The summed E-state index contributed by atoms with van der Waals surface area (Å²) in [5.41, 5.74) is 6.75. The Morgan fingerprint density at radius 3 is 2.86 bits per heavy atom. The van der Waals surface area contributed by atoms with Crippen LogP contribution in [0, 0.1) is 5.92 Å². The maximum Gasteiger partial charge on any atom is 0.315 e. The summed E-state index contributed by atoms with van der Waals surface area (Å²) in [6.07, 6.45) is 4.26. The van der Waals surface area contributed by atoms with E-state index in [0.29, 0.717) is 12.5 Å². The Morgan fingerprint density at radius 1 is 1.36 bits per heavy atom. The molecule has 0 bridgehead atoms. The number of amides is 2. The molecule has 1 heterocycles. The zero-order valence-electron chi connectivity index (χ0n) is 13.1. The zero-order valence-corrected chi connectivity index (χ0v) is 13.9. The van der Waals surface area contributed by atoms with E-state index in [9.17, 15) is 4.79 Å². The molecule has 2 atom stereocenters. The second-order valence-corrected chi connectivity index (χ2v) is 6.98. The van der Waals surface area contributed by atoms with E-state index in [1.807, 2.05) is 30.0 Å². The van der Waals surface area contributed by atoms with Crippen molar-refractivity contribution in [1.29, 1.82) is 0 Å². The highest BCUT2D eigenvalue weighted by Crippen LogP contribution is 2.22. The van der Waals surface area contributed by atoms with Gasteiger partial charge in [-0.1, -0.05) is 30.3 Å². The predicted molar refractivity (Wildman–Crippen MR) is 94.1 cm³/mol. The normalized spacial score (nSPS) is 19.4. The standard InChI is InChI=1S/C17H27N3OS/c18-10-4-9-16(15-7-2-1-3-8-15)20-17(21)19-12-14-6-5-11-22-13-14/h1-3,7-8,14,16H,4-6,9-13,18H2,(H2,19,20,21). The number of carbonyl (C=O) groups excluding carboxylic acids is 1. The van der Waals surface area contributed by atoms with Crippen molar-refractivity contribution in [2.75, 3.05) is 24.6 Å². The third-order valence-corrected chi connectivity index (χ3v) is 5.29. The van der Waals surface area contributed by atoms with Crippen molar-refractivity contribution in [2.45, 2.75) is 31.7 Å². The minimum Gasteiger partial charge on any atom is -0.338 e. The summed E-state index contributed by atoms with van der Waals surface area (Å²) in [6.45, 7) is 1.42. The summed E-state index contributed by atoms with van der Waals surface area (Å²) in [5, 5.41) is 6.13. The molecular formula is C17H27N3OS. The van der Waals surface area contributed by atoms with Gasteiger partial charge in [0.15, 0.2) is 0 Å². The second-order valence-electron chi connectivity index (χ2n) is 5.83. The minimum absolute atomic E-state index is 0.0329. The number of carbonyl (C=O) groups is 1. The van der Waals surface area contributed by atoms with E-state index >= 15 is 0 Å². The van der Waals surface area contributed by atoms with Crippen molar-refractivity contribution in [3.8, 4) is 0 Å². The van der Waals surface area contributed by atoms with E-state index in [0.717, 1.165) is 30.7 Å². The Morgan fingerprint density at radius 2 is 2.18 bits per heavy atom. The number of nitrogens with two attached hydrogens (primary N) is 1.